The molecule has 1 aromatic heterocycles. The fourth-order valence-electron chi connectivity index (χ4n) is 1.94. The number of guanidine groups is 1. The minimum atomic E-state index is 0. The first-order valence-corrected chi connectivity index (χ1v) is 9.01. The summed E-state index contributed by atoms with van der Waals surface area (Å²) in [5, 5.41) is 7.73. The van der Waals surface area contributed by atoms with Gasteiger partial charge in [0.15, 0.2) is 5.96 Å². The summed E-state index contributed by atoms with van der Waals surface area (Å²) in [6.07, 6.45) is 3.32. The Morgan fingerprint density at radius 2 is 1.91 bits per heavy atom. The summed E-state index contributed by atoms with van der Waals surface area (Å²) in [7, 11) is 0. The molecule has 5 nitrogen and oxygen atoms in total. The van der Waals surface area contributed by atoms with Crippen molar-refractivity contribution >= 4 is 41.3 Å². The van der Waals surface area contributed by atoms with E-state index in [9.17, 15) is 0 Å². The number of thiazole rings is 1. The van der Waals surface area contributed by atoms with Crippen LogP contribution in [0, 0.1) is 13.8 Å². The molecular weight excluding hydrogens is 423 g/mol. The van der Waals surface area contributed by atoms with Crippen LogP contribution in [0.25, 0.3) is 0 Å². The summed E-state index contributed by atoms with van der Waals surface area (Å²) in [4.78, 5) is 10.3. The van der Waals surface area contributed by atoms with Gasteiger partial charge in [-0.05, 0) is 33.6 Å². The van der Waals surface area contributed by atoms with Crippen LogP contribution in [0.15, 0.2) is 4.99 Å². The van der Waals surface area contributed by atoms with Crippen molar-refractivity contribution in [1.29, 1.82) is 0 Å². The van der Waals surface area contributed by atoms with Crippen molar-refractivity contribution in [2.24, 2.45) is 4.99 Å². The molecule has 0 bridgehead atoms. The zero-order valence-electron chi connectivity index (χ0n) is 14.8. The number of hydrogen-bond donors (Lipinski definition) is 2. The van der Waals surface area contributed by atoms with Gasteiger partial charge in [-0.25, -0.2) is 9.98 Å². The van der Waals surface area contributed by atoms with Gasteiger partial charge in [0.05, 0.1) is 17.2 Å². The second-order valence-corrected chi connectivity index (χ2v) is 6.47. The maximum atomic E-state index is 5.56. The third kappa shape index (κ3) is 10.1. The quantitative estimate of drug-likeness (QED) is 0.245. The van der Waals surface area contributed by atoms with Crippen LogP contribution < -0.4 is 10.6 Å². The van der Waals surface area contributed by atoms with Crippen LogP contribution in [-0.4, -0.2) is 37.2 Å². The highest BCUT2D eigenvalue weighted by Crippen LogP contribution is 2.17. The molecule has 0 aliphatic rings. The number of aromatic nitrogens is 1. The van der Waals surface area contributed by atoms with E-state index < -0.39 is 0 Å². The summed E-state index contributed by atoms with van der Waals surface area (Å²) in [6, 6.07) is 0. The van der Waals surface area contributed by atoms with E-state index in [0.717, 1.165) is 55.8 Å². The number of ether oxygens (including phenoxy) is 1. The van der Waals surface area contributed by atoms with Crippen molar-refractivity contribution in [3.05, 3.63) is 15.6 Å². The molecule has 0 aliphatic heterocycles. The molecule has 0 saturated carbocycles. The Labute approximate surface area is 161 Å². The topological polar surface area (TPSA) is 58.5 Å². The maximum Gasteiger partial charge on any atom is 0.191 e. The first kappa shape index (κ1) is 22.6. The van der Waals surface area contributed by atoms with Crippen molar-refractivity contribution in [2.75, 3.05) is 26.3 Å². The van der Waals surface area contributed by atoms with E-state index >= 15 is 0 Å². The predicted molar refractivity (Wildman–Crippen MR) is 110 cm³/mol. The van der Waals surface area contributed by atoms with Gasteiger partial charge in [0.1, 0.15) is 0 Å². The van der Waals surface area contributed by atoms with Crippen molar-refractivity contribution in [2.45, 2.75) is 53.5 Å². The average Bonchev–Trinajstić information content (AvgIpc) is 2.81. The lowest BCUT2D eigenvalue weighted by atomic mass is 10.4. The molecule has 2 N–H and O–H groups in total. The molecule has 0 atom stereocenters. The summed E-state index contributed by atoms with van der Waals surface area (Å²) < 4.78 is 5.56. The van der Waals surface area contributed by atoms with Gasteiger partial charge in [0.25, 0.3) is 0 Å². The van der Waals surface area contributed by atoms with Crippen molar-refractivity contribution in [3.8, 4) is 0 Å². The van der Waals surface area contributed by atoms with E-state index in [1.165, 1.54) is 11.3 Å². The van der Waals surface area contributed by atoms with Crippen LogP contribution in [0.2, 0.25) is 0 Å². The molecule has 0 aromatic carbocycles. The lowest BCUT2D eigenvalue weighted by Crippen LogP contribution is -2.38. The monoisotopic (exact) mass is 454 g/mol. The third-order valence-electron chi connectivity index (χ3n) is 3.12. The largest absolute Gasteiger partial charge is 0.381 e. The Kier molecular flexibility index (Phi) is 13.7. The maximum absolute atomic E-state index is 5.56. The summed E-state index contributed by atoms with van der Waals surface area (Å²) in [6.45, 7) is 12.4. The van der Waals surface area contributed by atoms with Gasteiger partial charge < -0.3 is 15.4 Å². The highest BCUT2D eigenvalue weighted by atomic mass is 127. The van der Waals surface area contributed by atoms with Gasteiger partial charge in [-0.15, -0.1) is 35.3 Å². The van der Waals surface area contributed by atoms with E-state index in [4.69, 9.17) is 4.74 Å². The highest BCUT2D eigenvalue weighted by molar-refractivity contribution is 14.0. The van der Waals surface area contributed by atoms with E-state index in [2.05, 4.69) is 34.5 Å². The van der Waals surface area contributed by atoms with Crippen LogP contribution in [0.5, 0.6) is 0 Å². The first-order valence-electron chi connectivity index (χ1n) is 8.20. The van der Waals surface area contributed by atoms with E-state index in [0.29, 0.717) is 6.54 Å². The molecule has 7 heteroatoms. The molecule has 0 fully saturated rings. The highest BCUT2D eigenvalue weighted by Gasteiger charge is 2.04. The first-order chi connectivity index (χ1) is 10.7. The molecule has 0 amide bonds. The van der Waals surface area contributed by atoms with Crippen LogP contribution >= 0.6 is 35.3 Å². The van der Waals surface area contributed by atoms with Gasteiger partial charge in [-0.2, -0.15) is 0 Å². The molecule has 23 heavy (non-hydrogen) atoms. The number of aryl methyl sites for hydroxylation is 2. The second-order valence-electron chi connectivity index (χ2n) is 5.18. The Morgan fingerprint density at radius 1 is 1.17 bits per heavy atom. The fraction of sp³-hybridized carbons (Fsp3) is 0.750. The molecule has 0 unspecified atom stereocenters. The van der Waals surface area contributed by atoms with Crippen LogP contribution in [0.4, 0.5) is 0 Å². The van der Waals surface area contributed by atoms with Crippen LogP contribution in [-0.2, 0) is 11.3 Å². The number of rotatable bonds is 10. The minimum absolute atomic E-state index is 0. The number of aliphatic imine (C=N–C) groups is 1. The van der Waals surface area contributed by atoms with Gasteiger partial charge in [0, 0.05) is 31.2 Å². The average molecular weight is 454 g/mol. The lowest BCUT2D eigenvalue weighted by molar-refractivity contribution is 0.129. The molecule has 1 heterocycles. The Balaban J connectivity index is 0.00000484. The molecule has 0 spiro atoms. The van der Waals surface area contributed by atoms with Crippen LogP contribution in [0.1, 0.15) is 48.7 Å². The Morgan fingerprint density at radius 3 is 2.52 bits per heavy atom. The lowest BCUT2D eigenvalue weighted by Gasteiger charge is -2.11. The van der Waals surface area contributed by atoms with Crippen molar-refractivity contribution in [1.82, 2.24) is 15.6 Å². The molecule has 0 saturated heterocycles. The van der Waals surface area contributed by atoms with E-state index in [-0.39, 0.29) is 24.0 Å². The molecule has 0 aliphatic carbocycles. The summed E-state index contributed by atoms with van der Waals surface area (Å²) >= 11 is 1.72. The van der Waals surface area contributed by atoms with Gasteiger partial charge in [-0.1, -0.05) is 13.3 Å². The zero-order valence-corrected chi connectivity index (χ0v) is 17.9. The van der Waals surface area contributed by atoms with E-state index in [1.807, 2.05) is 13.8 Å². The number of hydrogen-bond acceptors (Lipinski definition) is 4. The van der Waals surface area contributed by atoms with Crippen LogP contribution in [0.3, 0.4) is 0 Å². The van der Waals surface area contributed by atoms with Gasteiger partial charge >= 0.3 is 0 Å². The number of halogens is 1. The summed E-state index contributed by atoms with van der Waals surface area (Å²) in [5.74, 6) is 0.863. The smallest absolute Gasteiger partial charge is 0.191 e. The number of nitrogens with zero attached hydrogens (tertiary/aromatic N) is 2. The van der Waals surface area contributed by atoms with Crippen molar-refractivity contribution in [3.63, 3.8) is 0 Å². The predicted octanol–water partition coefficient (Wildman–Crippen LogP) is 3.64. The van der Waals surface area contributed by atoms with E-state index in [1.54, 1.807) is 11.3 Å². The molecule has 134 valence electrons. The van der Waals surface area contributed by atoms with Gasteiger partial charge in [-0.3, -0.25) is 0 Å². The SMILES string of the molecule is CCCCOCCCNC(=NCc1sc(C)nc1C)NCC.I. The minimum Gasteiger partial charge on any atom is -0.381 e. The van der Waals surface area contributed by atoms with Crippen molar-refractivity contribution < 1.29 is 4.74 Å². The Bertz CT molecular complexity index is 451. The molecule has 0 radical (unpaired) electrons. The number of nitrogens with one attached hydrogen (secondary N) is 2. The standard InChI is InChI=1S/C16H30N4OS.HI/c1-5-7-10-21-11-8-9-18-16(17-6-2)19-12-15-13(3)20-14(4)22-15;/h5-12H2,1-4H3,(H2,17,18,19);1H. The molecular formula is C16H31IN4OS. The normalized spacial score (nSPS) is 11.2. The Hall–Kier alpha value is -0.410. The third-order valence-corrected chi connectivity index (χ3v) is 4.18. The summed E-state index contributed by atoms with van der Waals surface area (Å²) in [5.41, 5.74) is 1.09. The molecule has 1 rings (SSSR count). The second kappa shape index (κ2) is 14.0. The number of unbranched alkanes of at least 4 members (excludes halogenated alkanes) is 1. The fourth-order valence-corrected chi connectivity index (χ4v) is 2.80. The molecule has 1 aromatic rings. The van der Waals surface area contributed by atoms with Gasteiger partial charge in [0.2, 0.25) is 0 Å². The zero-order chi connectivity index (χ0) is 16.2.